The standard InChI is InChI=1S/C32H31N5O.C31H29N5O.C27H32N4O4.C21H24N6O2/c1-35-30(38)28-29(37-22-32(34-31(35)37)18-8-9-19-32)33-27(36(28)21-24-10-4-2-5-11-24)20-23-14-16-26(17-15-23)25-12-6-3-7-13-25;1-34-30(37)28-29(36-26-14-8-13-25(26)32-31(34)36)33-27(35(28)20-22-9-4-2-5-10-22)19-21-15-17-24(18-16-21)23-11-6-3-7-12-23;1-17-25-27(33)29-24(16-20-13-14-22(34-3)23(15-20)35-4)30-31(25)26(28-17)21(18(2)32)12-8-11-19-9-6-5-7-10-19;28-20-17-11-22-27(16-9-5-2-6-10-16)19(17)24-18(25-20)14-12-26(13-14)21(29)23-15-7-3-1-4-8-15/h2-7,10-17H,8-9,18-22H2,1H3;2-7,9-12,15-18,25-26H,8,13-14,19-20H2,1H3;5-7,9-10,13-15,18,21,32H,8,11-12,16H2,1-4H3,(H,29,30,33);1,3-4,7-8,11,14,16H,2,5-6,9-10,12-13H2,(H,23,29)(H,24,25,28)/t;25-,26?;18-,21+;/m.11./s1. The summed E-state index contributed by atoms with van der Waals surface area (Å²) in [7, 11) is 6.88. The van der Waals surface area contributed by atoms with Crippen LogP contribution in [0.25, 0.3) is 38.8 Å². The van der Waals surface area contributed by atoms with Crippen molar-refractivity contribution in [1.82, 2.24) is 73.1 Å². The number of anilines is 3. The average molecular weight is 1860 g/mol. The number of nitrogens with zero attached hydrogens (tertiary/aromatic N) is 17. The quantitative estimate of drug-likeness (QED) is 0.0462. The lowest BCUT2D eigenvalue weighted by atomic mass is 9.94. The first kappa shape index (κ1) is 91.6. The third-order valence-corrected chi connectivity index (χ3v) is 28.5. The number of ether oxygens (including phenoxy) is 2. The van der Waals surface area contributed by atoms with Crippen molar-refractivity contribution in [2.24, 2.45) is 9.98 Å². The molecule has 4 fully saturated rings. The van der Waals surface area contributed by atoms with Gasteiger partial charge in [0.05, 0.1) is 68.3 Å². The van der Waals surface area contributed by atoms with Crippen molar-refractivity contribution in [1.29, 1.82) is 0 Å². The molecule has 23 rings (SSSR count). The summed E-state index contributed by atoms with van der Waals surface area (Å²) in [5.41, 5.74) is 14.9. The number of rotatable bonds is 23. The molecule has 0 bridgehead atoms. The summed E-state index contributed by atoms with van der Waals surface area (Å²) in [6.45, 7) is 6.64. The Bertz CT molecular complexity index is 7120. The number of carbonyl (C=O) groups is 3. The number of nitrogens with one attached hydrogen (secondary N) is 3. The largest absolute Gasteiger partial charge is 0.493 e. The number of H-pyrrole nitrogens is 2. The van der Waals surface area contributed by atoms with E-state index in [2.05, 4.69) is 178 Å². The number of benzene rings is 9. The molecule has 8 aliphatic rings. The fourth-order valence-corrected chi connectivity index (χ4v) is 21.1. The minimum absolute atomic E-state index is 0.0286. The molecule has 15 aromatic rings. The summed E-state index contributed by atoms with van der Waals surface area (Å²) in [5, 5.41) is 23.3. The van der Waals surface area contributed by atoms with Crippen molar-refractivity contribution in [2.75, 3.05) is 63.1 Å². The lowest BCUT2D eigenvalue weighted by molar-refractivity contribution is 0.0847. The van der Waals surface area contributed by atoms with E-state index in [-0.39, 0.29) is 52.4 Å². The number of fused-ring (bicyclic) bond motifs is 10. The molecule has 28 heteroatoms. The molecule has 6 aromatic heterocycles. The lowest BCUT2D eigenvalue weighted by Crippen LogP contribution is -2.51. The summed E-state index contributed by atoms with van der Waals surface area (Å²) in [5.74, 6) is 7.60. The van der Waals surface area contributed by atoms with Crippen molar-refractivity contribution in [3.8, 4) is 33.8 Å². The zero-order valence-electron chi connectivity index (χ0n) is 79.4. The maximum absolute atomic E-state index is 13.8. The van der Waals surface area contributed by atoms with E-state index in [1.807, 2.05) is 134 Å². The number of aliphatic hydroxyl groups excluding tert-OH is 1. The number of aromatic amines is 2. The zero-order chi connectivity index (χ0) is 95.4. The molecule has 139 heavy (non-hydrogen) atoms. The Balaban J connectivity index is 0.000000115. The topological polar surface area (TPSA) is 305 Å². The predicted octanol–water partition coefficient (Wildman–Crippen LogP) is 18.2. The average Bonchev–Trinajstić information content (AvgIpc) is 1.56. The second-order valence-electron chi connectivity index (χ2n) is 37.8. The second-order valence-corrected chi connectivity index (χ2v) is 37.8. The van der Waals surface area contributed by atoms with Crippen LogP contribution in [0.4, 0.5) is 22.1 Å². The van der Waals surface area contributed by atoms with Crippen LogP contribution in [-0.2, 0) is 38.8 Å². The van der Waals surface area contributed by atoms with Crippen molar-refractivity contribution < 1.29 is 29.0 Å². The van der Waals surface area contributed by atoms with Gasteiger partial charge in [-0.25, -0.2) is 43.9 Å². The van der Waals surface area contributed by atoms with Crippen LogP contribution < -0.4 is 35.7 Å². The number of amides is 4. The Morgan fingerprint density at radius 2 is 1.10 bits per heavy atom. The van der Waals surface area contributed by atoms with Crippen LogP contribution in [0.15, 0.2) is 274 Å². The fourth-order valence-electron chi connectivity index (χ4n) is 21.1. The van der Waals surface area contributed by atoms with E-state index in [0.29, 0.717) is 120 Å². The molecule has 11 heterocycles. The maximum Gasteiger partial charge on any atom is 0.321 e. The highest BCUT2D eigenvalue weighted by molar-refractivity contribution is 6.19. The van der Waals surface area contributed by atoms with Crippen molar-refractivity contribution in [3.63, 3.8) is 0 Å². The summed E-state index contributed by atoms with van der Waals surface area (Å²) < 4.78 is 18.5. The van der Waals surface area contributed by atoms with Crippen molar-refractivity contribution >= 4 is 63.6 Å². The number of aliphatic imine (C=N–C) groups is 2. The number of aliphatic hydroxyl groups is 1. The smallest absolute Gasteiger partial charge is 0.321 e. The Kier molecular flexibility index (Phi) is 26.5. The number of imidazole rings is 3. The van der Waals surface area contributed by atoms with Crippen LogP contribution in [0.3, 0.4) is 0 Å². The normalized spacial score (nSPS) is 17.2. The number of para-hydroxylation sites is 1. The Morgan fingerprint density at radius 1 is 0.554 bits per heavy atom. The summed E-state index contributed by atoms with van der Waals surface area (Å²) in [6.07, 6.45) is 18.9. The van der Waals surface area contributed by atoms with Crippen molar-refractivity contribution in [2.45, 2.75) is 184 Å². The van der Waals surface area contributed by atoms with Gasteiger partial charge in [0.15, 0.2) is 45.7 Å². The SMILES string of the molecule is CN1C(=O)c2c(nc(Cc3ccc(-c4ccccc4)cc3)n2Cc2ccccc2)N2C1=N[C@@H]1CCCC12.CN1C(=O)c2c(nc(Cc3ccc(-c4ccccc4)cc3)n2Cc2ccccc2)N2CC3(CCCC3)N=C12.COc1ccc(Cc2nn3c([C@@H](CCCc4ccccc4)[C@@H](C)O)nc(C)c3c(=O)[nH]2)cc1OC.O=C(Nc1ccccc1)N1CC(c2nc3c(cnn3C3CCCCC3)c(=O)[nH]2)C1. The van der Waals surface area contributed by atoms with E-state index >= 15 is 0 Å². The first-order chi connectivity index (χ1) is 67.9. The second kappa shape index (κ2) is 40.2. The maximum atomic E-state index is 13.8. The third-order valence-electron chi connectivity index (χ3n) is 28.5. The number of hydrogen-bond acceptors (Lipinski definition) is 18. The molecule has 708 valence electrons. The molecule has 1 spiro atoms. The van der Waals surface area contributed by atoms with E-state index in [1.54, 1.807) is 53.5 Å². The number of aromatic nitrogens is 12. The number of carbonyl (C=O) groups excluding carboxylic acids is 3. The van der Waals surface area contributed by atoms with Crippen LogP contribution in [-0.4, -0.2) is 180 Å². The van der Waals surface area contributed by atoms with Crippen LogP contribution >= 0.6 is 0 Å². The molecular formula is C111H116N20O8. The molecule has 3 saturated carbocycles. The molecule has 28 nitrogen and oxygen atoms in total. The van der Waals surface area contributed by atoms with E-state index in [4.69, 9.17) is 39.5 Å². The van der Waals surface area contributed by atoms with Gasteiger partial charge in [-0.15, -0.1) is 0 Å². The minimum Gasteiger partial charge on any atom is -0.493 e. The highest BCUT2D eigenvalue weighted by Gasteiger charge is 2.51. The molecule has 9 aromatic carbocycles. The molecule has 1 saturated heterocycles. The Labute approximate surface area is 807 Å². The number of likely N-dealkylation sites (tertiary alicyclic amines) is 1. The van der Waals surface area contributed by atoms with E-state index in [0.717, 1.165) is 122 Å². The fraction of sp³-hybridized carbons (Fsp3) is 0.324. The van der Waals surface area contributed by atoms with Crippen LogP contribution in [0, 0.1) is 6.92 Å². The van der Waals surface area contributed by atoms with Gasteiger partial charge in [0, 0.05) is 71.1 Å². The highest BCUT2D eigenvalue weighted by atomic mass is 16.5. The third kappa shape index (κ3) is 19.2. The van der Waals surface area contributed by atoms with Crippen LogP contribution in [0.5, 0.6) is 11.5 Å². The first-order valence-corrected chi connectivity index (χ1v) is 48.7. The molecular weight excluding hydrogens is 1740 g/mol. The van der Waals surface area contributed by atoms with E-state index in [9.17, 15) is 29.1 Å². The van der Waals surface area contributed by atoms with Gasteiger partial charge in [0.1, 0.15) is 34.5 Å². The number of urea groups is 1. The highest BCUT2D eigenvalue weighted by Crippen LogP contribution is 2.45. The summed E-state index contributed by atoms with van der Waals surface area (Å²) >= 11 is 0. The van der Waals surface area contributed by atoms with E-state index in [1.165, 1.54) is 77.5 Å². The van der Waals surface area contributed by atoms with Gasteiger partial charge in [0.2, 0.25) is 11.9 Å². The van der Waals surface area contributed by atoms with Gasteiger partial charge < -0.3 is 43.9 Å². The van der Waals surface area contributed by atoms with Gasteiger partial charge in [-0.2, -0.15) is 10.2 Å². The van der Waals surface area contributed by atoms with E-state index < -0.39 is 6.10 Å². The molecule has 4 amide bonds. The monoisotopic (exact) mass is 1860 g/mol. The number of hydrogen-bond donors (Lipinski definition) is 4. The number of aryl methyl sites for hydroxylation is 2. The molecule has 3 aliphatic carbocycles. The Morgan fingerprint density at radius 3 is 1.69 bits per heavy atom. The van der Waals surface area contributed by atoms with Gasteiger partial charge in [-0.3, -0.25) is 38.8 Å². The summed E-state index contributed by atoms with van der Waals surface area (Å²) in [4.78, 5) is 111. The van der Waals surface area contributed by atoms with Crippen LogP contribution in [0.2, 0.25) is 0 Å². The minimum atomic E-state index is -0.633. The van der Waals surface area contributed by atoms with Gasteiger partial charge in [-0.05, 0) is 158 Å². The molecule has 5 aliphatic heterocycles. The molecule has 1 unspecified atom stereocenters. The lowest BCUT2D eigenvalue weighted by Gasteiger charge is -2.38. The van der Waals surface area contributed by atoms with Gasteiger partial charge in [-0.1, -0.05) is 257 Å². The number of guanidine groups is 2. The van der Waals surface area contributed by atoms with Gasteiger partial charge >= 0.3 is 6.03 Å². The van der Waals surface area contributed by atoms with Gasteiger partial charge in [0.25, 0.3) is 22.9 Å². The van der Waals surface area contributed by atoms with Crippen LogP contribution in [0.1, 0.15) is 204 Å². The molecule has 4 N–H and O–H groups in total. The predicted molar refractivity (Wildman–Crippen MR) is 541 cm³/mol. The number of methoxy groups -OCH3 is 2. The first-order valence-electron chi connectivity index (χ1n) is 48.7. The molecule has 0 radical (unpaired) electrons. The zero-order valence-corrected chi connectivity index (χ0v) is 79.4. The summed E-state index contributed by atoms with van der Waals surface area (Å²) in [6, 6.07) is 84.9. The Hall–Kier alpha value is -15.2. The van der Waals surface area contributed by atoms with Crippen molar-refractivity contribution in [3.05, 3.63) is 355 Å². The molecule has 4 atom stereocenters.